The van der Waals surface area contributed by atoms with Gasteiger partial charge in [0.1, 0.15) is 18.1 Å². The number of ether oxygens (including phenoxy) is 2. The maximum atomic E-state index is 12.4. The second-order valence-corrected chi connectivity index (χ2v) is 7.16. The van der Waals surface area contributed by atoms with E-state index in [9.17, 15) is 4.79 Å². The first-order valence-corrected chi connectivity index (χ1v) is 10.5. The molecule has 0 aliphatic carbocycles. The molecule has 4 aromatic rings. The third kappa shape index (κ3) is 5.32. The van der Waals surface area contributed by atoms with E-state index in [1.807, 2.05) is 73.7 Å². The average Bonchev–Trinajstić information content (AvgIpc) is 2.84. The monoisotopic (exact) mass is 424 g/mol. The van der Waals surface area contributed by atoms with Gasteiger partial charge in [0.25, 0.3) is 5.91 Å². The van der Waals surface area contributed by atoms with Crippen molar-refractivity contribution in [3.05, 3.63) is 108 Å². The summed E-state index contributed by atoms with van der Waals surface area (Å²) in [6, 6.07) is 29.0. The Balaban J connectivity index is 1.33. The van der Waals surface area contributed by atoms with Gasteiger partial charge in [0.15, 0.2) is 0 Å². The first-order valence-electron chi connectivity index (χ1n) is 10.5. The number of hydrogen-bond acceptors (Lipinski definition) is 4. The van der Waals surface area contributed by atoms with Crippen LogP contribution in [0.4, 0.5) is 0 Å². The van der Waals surface area contributed by atoms with Crippen molar-refractivity contribution in [1.29, 1.82) is 0 Å². The van der Waals surface area contributed by atoms with E-state index in [1.165, 1.54) is 5.39 Å². The van der Waals surface area contributed by atoms with Crippen LogP contribution >= 0.6 is 0 Å². The summed E-state index contributed by atoms with van der Waals surface area (Å²) in [7, 11) is 0. The fourth-order valence-corrected chi connectivity index (χ4v) is 3.28. The van der Waals surface area contributed by atoms with Gasteiger partial charge in [-0.3, -0.25) is 4.79 Å². The van der Waals surface area contributed by atoms with E-state index in [-0.39, 0.29) is 5.91 Å². The molecule has 0 saturated heterocycles. The summed E-state index contributed by atoms with van der Waals surface area (Å²) < 4.78 is 11.5. The largest absolute Gasteiger partial charge is 0.493 e. The van der Waals surface area contributed by atoms with Crippen molar-refractivity contribution in [1.82, 2.24) is 5.43 Å². The predicted octanol–water partition coefficient (Wildman–Crippen LogP) is 5.58. The SMILES string of the molecule is CCOc1ccccc1/C=N/NC(=O)c1ccc(COc2ccc3ccccc3c2)cc1. The molecule has 0 radical (unpaired) electrons. The van der Waals surface area contributed by atoms with Crippen molar-refractivity contribution in [2.45, 2.75) is 13.5 Å². The van der Waals surface area contributed by atoms with Crippen LogP contribution in [0.15, 0.2) is 96.1 Å². The molecule has 0 aromatic heterocycles. The van der Waals surface area contributed by atoms with Gasteiger partial charge in [0.05, 0.1) is 12.8 Å². The lowest BCUT2D eigenvalue weighted by atomic mass is 10.1. The van der Waals surface area contributed by atoms with Crippen LogP contribution in [0.2, 0.25) is 0 Å². The molecular weight excluding hydrogens is 400 g/mol. The molecule has 160 valence electrons. The normalized spacial score (nSPS) is 10.9. The van der Waals surface area contributed by atoms with Crippen molar-refractivity contribution in [3.8, 4) is 11.5 Å². The zero-order valence-corrected chi connectivity index (χ0v) is 17.8. The van der Waals surface area contributed by atoms with E-state index in [0.717, 1.165) is 28.0 Å². The maximum Gasteiger partial charge on any atom is 0.271 e. The first-order chi connectivity index (χ1) is 15.7. The molecule has 5 heteroatoms. The molecule has 0 saturated carbocycles. The number of carbonyl (C=O) groups is 1. The number of hydrazone groups is 1. The Morgan fingerprint density at radius 3 is 2.44 bits per heavy atom. The van der Waals surface area contributed by atoms with Gasteiger partial charge in [-0.2, -0.15) is 5.10 Å². The Morgan fingerprint density at radius 2 is 1.62 bits per heavy atom. The van der Waals surface area contributed by atoms with Gasteiger partial charge in [-0.25, -0.2) is 5.43 Å². The van der Waals surface area contributed by atoms with E-state index >= 15 is 0 Å². The van der Waals surface area contributed by atoms with Crippen LogP contribution in [0, 0.1) is 0 Å². The number of hydrogen-bond donors (Lipinski definition) is 1. The van der Waals surface area contributed by atoms with Gasteiger partial charge < -0.3 is 9.47 Å². The molecule has 1 amide bonds. The number of nitrogens with one attached hydrogen (secondary N) is 1. The van der Waals surface area contributed by atoms with Gasteiger partial charge in [0, 0.05) is 11.1 Å². The van der Waals surface area contributed by atoms with Crippen LogP contribution in [0.5, 0.6) is 11.5 Å². The molecule has 0 aliphatic heterocycles. The highest BCUT2D eigenvalue weighted by Gasteiger charge is 2.05. The number of amides is 1. The second-order valence-electron chi connectivity index (χ2n) is 7.16. The van der Waals surface area contributed by atoms with E-state index in [2.05, 4.69) is 22.7 Å². The quantitative estimate of drug-likeness (QED) is 0.297. The highest BCUT2D eigenvalue weighted by Crippen LogP contribution is 2.21. The van der Waals surface area contributed by atoms with Crippen LogP contribution in [-0.2, 0) is 6.61 Å². The van der Waals surface area contributed by atoms with Gasteiger partial charge in [-0.15, -0.1) is 0 Å². The minimum absolute atomic E-state index is 0.280. The van der Waals surface area contributed by atoms with E-state index < -0.39 is 0 Å². The zero-order chi connectivity index (χ0) is 22.2. The van der Waals surface area contributed by atoms with Gasteiger partial charge >= 0.3 is 0 Å². The number of fused-ring (bicyclic) bond motifs is 1. The van der Waals surface area contributed by atoms with Crippen molar-refractivity contribution in [2.24, 2.45) is 5.10 Å². The lowest BCUT2D eigenvalue weighted by Crippen LogP contribution is -2.17. The summed E-state index contributed by atoms with van der Waals surface area (Å²) in [6.45, 7) is 2.91. The molecule has 1 N–H and O–H groups in total. The Bertz CT molecular complexity index is 1230. The standard InChI is InChI=1S/C27H24N2O3/c1-2-31-26-10-6-5-9-24(26)18-28-29-27(30)22-13-11-20(12-14-22)19-32-25-16-15-21-7-3-4-8-23(21)17-25/h3-18H,2,19H2,1H3,(H,29,30)/b28-18+. The number of para-hydroxylation sites is 1. The van der Waals surface area contributed by atoms with Crippen LogP contribution < -0.4 is 14.9 Å². The Kier molecular flexibility index (Phi) is 6.78. The Morgan fingerprint density at radius 1 is 0.875 bits per heavy atom. The molecule has 0 unspecified atom stereocenters. The Labute approximate surface area is 187 Å². The van der Waals surface area contributed by atoms with Crippen molar-refractivity contribution < 1.29 is 14.3 Å². The molecule has 4 aromatic carbocycles. The number of carbonyl (C=O) groups excluding carboxylic acids is 1. The topological polar surface area (TPSA) is 59.9 Å². The molecule has 4 rings (SSSR count). The minimum atomic E-state index is -0.280. The third-order valence-electron chi connectivity index (χ3n) is 4.93. The number of rotatable bonds is 8. The van der Waals surface area contributed by atoms with E-state index in [0.29, 0.717) is 18.8 Å². The molecule has 5 nitrogen and oxygen atoms in total. The fourth-order valence-electron chi connectivity index (χ4n) is 3.28. The van der Waals surface area contributed by atoms with Crippen LogP contribution in [0.3, 0.4) is 0 Å². The summed E-state index contributed by atoms with van der Waals surface area (Å²) >= 11 is 0. The highest BCUT2D eigenvalue weighted by molar-refractivity contribution is 5.95. The Hall–Kier alpha value is -4.12. The second kappa shape index (κ2) is 10.3. The molecule has 0 fully saturated rings. The maximum absolute atomic E-state index is 12.4. The molecule has 0 bridgehead atoms. The van der Waals surface area contributed by atoms with Crippen molar-refractivity contribution in [3.63, 3.8) is 0 Å². The minimum Gasteiger partial charge on any atom is -0.493 e. The molecule has 0 atom stereocenters. The number of benzene rings is 4. The summed E-state index contributed by atoms with van der Waals surface area (Å²) in [4.78, 5) is 12.4. The summed E-state index contributed by atoms with van der Waals surface area (Å²) in [5.74, 6) is 1.26. The molecule has 32 heavy (non-hydrogen) atoms. The van der Waals surface area contributed by atoms with Gasteiger partial charge in [-0.1, -0.05) is 54.6 Å². The van der Waals surface area contributed by atoms with E-state index in [1.54, 1.807) is 18.3 Å². The third-order valence-corrected chi connectivity index (χ3v) is 4.93. The number of nitrogens with zero attached hydrogens (tertiary/aromatic N) is 1. The predicted molar refractivity (Wildman–Crippen MR) is 127 cm³/mol. The van der Waals surface area contributed by atoms with Crippen molar-refractivity contribution >= 4 is 22.9 Å². The molecular formula is C27H24N2O3. The summed E-state index contributed by atoms with van der Waals surface area (Å²) in [5, 5.41) is 6.37. The average molecular weight is 425 g/mol. The molecule has 0 spiro atoms. The van der Waals surface area contributed by atoms with E-state index in [4.69, 9.17) is 9.47 Å². The van der Waals surface area contributed by atoms with Crippen molar-refractivity contribution in [2.75, 3.05) is 6.61 Å². The molecule has 0 heterocycles. The first kappa shape index (κ1) is 21.1. The lowest BCUT2D eigenvalue weighted by molar-refractivity contribution is 0.0955. The zero-order valence-electron chi connectivity index (χ0n) is 17.8. The smallest absolute Gasteiger partial charge is 0.271 e. The summed E-state index contributed by atoms with van der Waals surface area (Å²) in [6.07, 6.45) is 1.58. The lowest BCUT2D eigenvalue weighted by Gasteiger charge is -2.08. The van der Waals surface area contributed by atoms with Crippen LogP contribution in [0.25, 0.3) is 10.8 Å². The van der Waals surface area contributed by atoms with Crippen LogP contribution in [0.1, 0.15) is 28.4 Å². The highest BCUT2D eigenvalue weighted by atomic mass is 16.5. The fraction of sp³-hybridized carbons (Fsp3) is 0.111. The van der Waals surface area contributed by atoms with Gasteiger partial charge in [0.2, 0.25) is 0 Å². The molecule has 0 aliphatic rings. The summed E-state index contributed by atoms with van der Waals surface area (Å²) in [5.41, 5.74) is 4.86. The van der Waals surface area contributed by atoms with Gasteiger partial charge in [-0.05, 0) is 59.7 Å². The van der Waals surface area contributed by atoms with Crippen LogP contribution in [-0.4, -0.2) is 18.7 Å².